The summed E-state index contributed by atoms with van der Waals surface area (Å²) in [5, 5.41) is 9.35. The van der Waals surface area contributed by atoms with Crippen LogP contribution in [0.2, 0.25) is 0 Å². The van der Waals surface area contributed by atoms with E-state index in [0.717, 1.165) is 19.6 Å². The van der Waals surface area contributed by atoms with Crippen LogP contribution in [0.25, 0.3) is 0 Å². The predicted molar refractivity (Wildman–Crippen MR) is 84.6 cm³/mol. The smallest absolute Gasteiger partial charge is 0.115 e. The number of aryl methyl sites for hydroxylation is 1. The lowest BCUT2D eigenvalue weighted by molar-refractivity contribution is -0.101. The first-order chi connectivity index (χ1) is 10.2. The molecule has 3 rings (SSSR count). The molecule has 1 N–H and O–H groups in total. The van der Waals surface area contributed by atoms with Crippen LogP contribution in [0.3, 0.4) is 0 Å². The fraction of sp³-hybridized carbons (Fsp3) is 0.667. The number of ether oxygens (including phenoxy) is 1. The highest BCUT2D eigenvalue weighted by Gasteiger charge is 2.35. The first kappa shape index (κ1) is 14.9. The van der Waals surface area contributed by atoms with Crippen LogP contribution in [0.1, 0.15) is 44.6 Å². The van der Waals surface area contributed by atoms with Crippen molar-refractivity contribution >= 4 is 0 Å². The molecule has 1 aliphatic carbocycles. The van der Waals surface area contributed by atoms with Gasteiger partial charge in [-0.2, -0.15) is 0 Å². The summed E-state index contributed by atoms with van der Waals surface area (Å²) in [4.78, 5) is 2.69. The van der Waals surface area contributed by atoms with E-state index in [9.17, 15) is 5.11 Å². The van der Waals surface area contributed by atoms with Crippen LogP contribution >= 0.6 is 0 Å². The van der Waals surface area contributed by atoms with Gasteiger partial charge in [-0.3, -0.25) is 4.90 Å². The van der Waals surface area contributed by atoms with Gasteiger partial charge in [0.25, 0.3) is 0 Å². The Hall–Kier alpha value is -1.06. The maximum atomic E-state index is 9.35. The van der Waals surface area contributed by atoms with Crippen molar-refractivity contribution in [2.75, 3.05) is 13.2 Å². The van der Waals surface area contributed by atoms with Crippen LogP contribution in [0.5, 0.6) is 5.75 Å². The lowest BCUT2D eigenvalue weighted by Gasteiger charge is -2.46. The third kappa shape index (κ3) is 3.58. The lowest BCUT2D eigenvalue weighted by atomic mass is 9.88. The second kappa shape index (κ2) is 6.80. The monoisotopic (exact) mass is 289 g/mol. The number of phenols is 1. The largest absolute Gasteiger partial charge is 0.508 e. The van der Waals surface area contributed by atoms with Gasteiger partial charge in [-0.05, 0) is 50.3 Å². The van der Waals surface area contributed by atoms with Gasteiger partial charge >= 0.3 is 0 Å². The van der Waals surface area contributed by atoms with Gasteiger partial charge in [0.1, 0.15) is 5.75 Å². The summed E-state index contributed by atoms with van der Waals surface area (Å²) in [5.74, 6) is 0.352. The Bertz CT molecular complexity index is 443. The number of aromatic hydroxyl groups is 1. The van der Waals surface area contributed by atoms with Crippen molar-refractivity contribution in [2.24, 2.45) is 0 Å². The zero-order valence-corrected chi connectivity index (χ0v) is 13.0. The molecule has 1 saturated carbocycles. The molecule has 0 bridgehead atoms. The number of rotatable bonds is 4. The zero-order chi connectivity index (χ0) is 14.7. The summed E-state index contributed by atoms with van der Waals surface area (Å²) in [7, 11) is 0. The summed E-state index contributed by atoms with van der Waals surface area (Å²) in [5.41, 5.74) is 1.31. The van der Waals surface area contributed by atoms with Crippen molar-refractivity contribution < 1.29 is 9.84 Å². The van der Waals surface area contributed by atoms with Gasteiger partial charge in [-0.15, -0.1) is 0 Å². The molecule has 1 aliphatic heterocycles. The minimum absolute atomic E-state index is 0.352. The predicted octanol–water partition coefficient (Wildman–Crippen LogP) is 3.36. The third-order valence-electron chi connectivity index (χ3n) is 5.13. The van der Waals surface area contributed by atoms with E-state index < -0.39 is 0 Å². The summed E-state index contributed by atoms with van der Waals surface area (Å²) >= 11 is 0. The molecule has 1 aromatic rings. The summed E-state index contributed by atoms with van der Waals surface area (Å²) < 4.78 is 5.97. The fourth-order valence-corrected chi connectivity index (χ4v) is 3.88. The number of benzene rings is 1. The van der Waals surface area contributed by atoms with E-state index >= 15 is 0 Å². The maximum Gasteiger partial charge on any atom is 0.115 e. The Morgan fingerprint density at radius 3 is 2.81 bits per heavy atom. The SMILES string of the molecule is CC(CCc1ccc(O)cc1)N1CCOC2CCCCC21. The van der Waals surface area contributed by atoms with E-state index in [0.29, 0.717) is 23.9 Å². The van der Waals surface area contributed by atoms with E-state index in [4.69, 9.17) is 4.74 Å². The maximum absolute atomic E-state index is 9.35. The van der Waals surface area contributed by atoms with Crippen molar-refractivity contribution in [3.63, 3.8) is 0 Å². The quantitative estimate of drug-likeness (QED) is 0.922. The summed E-state index contributed by atoms with van der Waals surface area (Å²) in [6.45, 7) is 4.33. The van der Waals surface area contributed by atoms with E-state index in [1.165, 1.54) is 37.7 Å². The molecular formula is C18H27NO2. The van der Waals surface area contributed by atoms with Crippen LogP contribution in [0.4, 0.5) is 0 Å². The number of nitrogens with zero attached hydrogens (tertiary/aromatic N) is 1. The number of morpholine rings is 1. The van der Waals surface area contributed by atoms with Crippen LogP contribution < -0.4 is 0 Å². The van der Waals surface area contributed by atoms with Crippen molar-refractivity contribution in [3.05, 3.63) is 29.8 Å². The number of phenolic OH excluding ortho intramolecular Hbond substituents is 1. The highest BCUT2D eigenvalue weighted by molar-refractivity contribution is 5.25. The topological polar surface area (TPSA) is 32.7 Å². The van der Waals surface area contributed by atoms with Crippen molar-refractivity contribution in [1.29, 1.82) is 0 Å². The number of hydrogen-bond acceptors (Lipinski definition) is 3. The lowest BCUT2D eigenvalue weighted by Crippen LogP contribution is -2.55. The standard InChI is InChI=1S/C18H27NO2/c1-14(6-7-15-8-10-16(20)11-9-15)19-12-13-21-18-5-3-2-4-17(18)19/h8-11,14,17-18,20H,2-7,12-13H2,1H3. The molecule has 0 radical (unpaired) electrons. The molecule has 1 heterocycles. The van der Waals surface area contributed by atoms with E-state index in [-0.39, 0.29) is 0 Å². The zero-order valence-electron chi connectivity index (χ0n) is 13.0. The summed E-state index contributed by atoms with van der Waals surface area (Å²) in [6.07, 6.45) is 7.95. The van der Waals surface area contributed by atoms with Crippen molar-refractivity contribution in [3.8, 4) is 5.75 Å². The molecule has 0 spiro atoms. The third-order valence-corrected chi connectivity index (χ3v) is 5.13. The van der Waals surface area contributed by atoms with Gasteiger partial charge in [0.05, 0.1) is 12.7 Å². The Morgan fingerprint density at radius 2 is 2.00 bits per heavy atom. The van der Waals surface area contributed by atoms with Crippen molar-refractivity contribution in [1.82, 2.24) is 4.90 Å². The normalized spacial score (nSPS) is 28.0. The molecule has 3 atom stereocenters. The molecule has 3 heteroatoms. The molecule has 3 nitrogen and oxygen atoms in total. The van der Waals surface area contributed by atoms with E-state index in [2.05, 4.69) is 11.8 Å². The summed E-state index contributed by atoms with van der Waals surface area (Å²) in [6, 6.07) is 8.88. The van der Waals surface area contributed by atoms with Gasteiger partial charge in [-0.25, -0.2) is 0 Å². The van der Waals surface area contributed by atoms with Gasteiger partial charge in [0.15, 0.2) is 0 Å². The highest BCUT2D eigenvalue weighted by atomic mass is 16.5. The second-order valence-corrected chi connectivity index (χ2v) is 6.55. The molecular weight excluding hydrogens is 262 g/mol. The highest BCUT2D eigenvalue weighted by Crippen LogP contribution is 2.30. The number of fused-ring (bicyclic) bond motifs is 1. The van der Waals surface area contributed by atoms with Crippen LogP contribution in [0, 0.1) is 0 Å². The minimum Gasteiger partial charge on any atom is -0.508 e. The van der Waals surface area contributed by atoms with Crippen molar-refractivity contribution in [2.45, 2.75) is 63.6 Å². The second-order valence-electron chi connectivity index (χ2n) is 6.55. The minimum atomic E-state index is 0.352. The van der Waals surface area contributed by atoms with Crippen LogP contribution in [-0.4, -0.2) is 41.3 Å². The van der Waals surface area contributed by atoms with E-state index in [1.54, 1.807) is 12.1 Å². The molecule has 1 aromatic carbocycles. The fourth-order valence-electron chi connectivity index (χ4n) is 3.88. The number of hydrogen-bond donors (Lipinski definition) is 1. The Morgan fingerprint density at radius 1 is 1.24 bits per heavy atom. The Kier molecular flexibility index (Phi) is 4.81. The molecule has 21 heavy (non-hydrogen) atoms. The average Bonchev–Trinajstić information content (AvgIpc) is 2.53. The molecule has 2 aliphatic rings. The van der Waals surface area contributed by atoms with E-state index in [1.807, 2.05) is 12.1 Å². The molecule has 116 valence electrons. The Labute approximate surface area is 127 Å². The van der Waals surface area contributed by atoms with Gasteiger partial charge < -0.3 is 9.84 Å². The van der Waals surface area contributed by atoms with Gasteiger partial charge in [0, 0.05) is 18.6 Å². The molecule has 0 amide bonds. The van der Waals surface area contributed by atoms with Gasteiger partial charge in [0.2, 0.25) is 0 Å². The molecule has 3 unspecified atom stereocenters. The Balaban J connectivity index is 1.56. The first-order valence-corrected chi connectivity index (χ1v) is 8.39. The molecule has 1 saturated heterocycles. The molecule has 0 aromatic heterocycles. The van der Waals surface area contributed by atoms with Crippen LogP contribution in [0.15, 0.2) is 24.3 Å². The molecule has 2 fully saturated rings. The van der Waals surface area contributed by atoms with Gasteiger partial charge in [-0.1, -0.05) is 25.0 Å². The van der Waals surface area contributed by atoms with Crippen LogP contribution in [-0.2, 0) is 11.2 Å². The first-order valence-electron chi connectivity index (χ1n) is 8.39. The average molecular weight is 289 g/mol.